The molecular weight excluding hydrogens is 348 g/mol. The molecule has 8 heteroatoms. The van der Waals surface area contributed by atoms with Crippen molar-refractivity contribution in [3.05, 3.63) is 38.8 Å². The molecule has 0 bridgehead atoms. The molecule has 1 aromatic carbocycles. The number of phenols is 1. The zero-order chi connectivity index (χ0) is 17.3. The lowest BCUT2D eigenvalue weighted by molar-refractivity contribution is -0.385. The quantitative estimate of drug-likeness (QED) is 0.380. The molecule has 2 fully saturated rings. The molecule has 1 aliphatic carbocycles. The molecule has 1 aliphatic heterocycles. The first-order chi connectivity index (χ1) is 11.5. The summed E-state index contributed by atoms with van der Waals surface area (Å²) in [4.78, 5) is 25.0. The van der Waals surface area contributed by atoms with E-state index in [0.717, 1.165) is 25.7 Å². The van der Waals surface area contributed by atoms with Crippen LogP contribution in [0.5, 0.6) is 5.75 Å². The summed E-state index contributed by atoms with van der Waals surface area (Å²) in [5.41, 5.74) is -0.139. The highest BCUT2D eigenvalue weighted by Crippen LogP contribution is 2.39. The van der Waals surface area contributed by atoms with Crippen molar-refractivity contribution in [3.8, 4) is 5.75 Å². The van der Waals surface area contributed by atoms with E-state index in [0.29, 0.717) is 9.23 Å². The van der Waals surface area contributed by atoms with Crippen LogP contribution < -0.4 is 0 Å². The average Bonchev–Trinajstić information content (AvgIpc) is 2.84. The maximum Gasteiger partial charge on any atom is 0.311 e. The van der Waals surface area contributed by atoms with Crippen LogP contribution in [0.25, 0.3) is 6.08 Å². The van der Waals surface area contributed by atoms with Gasteiger partial charge in [0.05, 0.1) is 9.83 Å². The van der Waals surface area contributed by atoms with Gasteiger partial charge < -0.3 is 5.11 Å². The van der Waals surface area contributed by atoms with Gasteiger partial charge in [0.25, 0.3) is 5.91 Å². The highest BCUT2D eigenvalue weighted by Gasteiger charge is 2.37. The molecule has 3 rings (SSSR count). The Bertz CT molecular complexity index is 742. The van der Waals surface area contributed by atoms with Crippen LogP contribution >= 0.6 is 24.0 Å². The highest BCUT2D eigenvalue weighted by atomic mass is 32.2. The smallest absolute Gasteiger partial charge is 0.311 e. The normalized spacial score (nSPS) is 20.8. The maximum absolute atomic E-state index is 12.7. The summed E-state index contributed by atoms with van der Waals surface area (Å²) in [5.74, 6) is -0.617. The molecule has 1 aromatic rings. The van der Waals surface area contributed by atoms with Crippen LogP contribution in [-0.2, 0) is 4.79 Å². The molecule has 1 saturated heterocycles. The zero-order valence-corrected chi connectivity index (χ0v) is 14.4. The van der Waals surface area contributed by atoms with E-state index < -0.39 is 10.7 Å². The van der Waals surface area contributed by atoms with E-state index >= 15 is 0 Å². The highest BCUT2D eigenvalue weighted by molar-refractivity contribution is 8.26. The summed E-state index contributed by atoms with van der Waals surface area (Å²) in [6, 6.07) is 4.37. The van der Waals surface area contributed by atoms with E-state index in [4.69, 9.17) is 12.2 Å². The monoisotopic (exact) mass is 364 g/mol. The predicted octanol–water partition coefficient (Wildman–Crippen LogP) is 3.83. The van der Waals surface area contributed by atoms with Gasteiger partial charge in [-0.15, -0.1) is 0 Å². The lowest BCUT2D eigenvalue weighted by atomic mass is 9.94. The van der Waals surface area contributed by atoms with Crippen LogP contribution in [0.2, 0.25) is 0 Å². The van der Waals surface area contributed by atoms with Gasteiger partial charge in [0.15, 0.2) is 0 Å². The number of hydrogen-bond acceptors (Lipinski definition) is 6. The zero-order valence-electron chi connectivity index (χ0n) is 12.8. The number of aromatic hydroxyl groups is 1. The number of carbonyl (C=O) groups is 1. The minimum atomic E-state index is -0.653. The summed E-state index contributed by atoms with van der Waals surface area (Å²) in [7, 11) is 0. The first-order valence-electron chi connectivity index (χ1n) is 7.72. The van der Waals surface area contributed by atoms with Gasteiger partial charge in [0, 0.05) is 17.7 Å². The van der Waals surface area contributed by atoms with Crippen molar-refractivity contribution in [1.82, 2.24) is 4.90 Å². The predicted molar refractivity (Wildman–Crippen MR) is 96.6 cm³/mol. The Kier molecular flexibility index (Phi) is 4.86. The van der Waals surface area contributed by atoms with Crippen LogP contribution in [0.1, 0.15) is 37.7 Å². The summed E-state index contributed by atoms with van der Waals surface area (Å²) >= 11 is 6.53. The Morgan fingerprint density at radius 3 is 2.71 bits per heavy atom. The Labute approximate surface area is 148 Å². The summed E-state index contributed by atoms with van der Waals surface area (Å²) in [6.45, 7) is 0. The number of thiocarbonyl (C=S) groups is 1. The number of para-hydroxylation sites is 1. The number of phenolic OH excluding ortho intramolecular Hbond substituents is 1. The lowest BCUT2D eigenvalue weighted by Gasteiger charge is -2.29. The minimum Gasteiger partial charge on any atom is -0.502 e. The third kappa shape index (κ3) is 3.16. The Morgan fingerprint density at radius 2 is 2.04 bits per heavy atom. The molecule has 0 unspecified atom stereocenters. The van der Waals surface area contributed by atoms with Gasteiger partial charge in [0.2, 0.25) is 5.75 Å². The van der Waals surface area contributed by atoms with Crippen molar-refractivity contribution in [2.45, 2.75) is 38.1 Å². The Hall–Kier alpha value is -1.93. The fraction of sp³-hybridized carbons (Fsp3) is 0.375. The molecule has 1 heterocycles. The van der Waals surface area contributed by atoms with Crippen molar-refractivity contribution in [2.24, 2.45) is 0 Å². The molecule has 6 nitrogen and oxygen atoms in total. The van der Waals surface area contributed by atoms with Crippen molar-refractivity contribution in [1.29, 1.82) is 0 Å². The van der Waals surface area contributed by atoms with E-state index in [-0.39, 0.29) is 23.2 Å². The van der Waals surface area contributed by atoms with Gasteiger partial charge in [-0.1, -0.05) is 55.4 Å². The number of nitrogens with zero attached hydrogens (tertiary/aromatic N) is 2. The number of rotatable bonds is 3. The average molecular weight is 364 g/mol. The van der Waals surface area contributed by atoms with E-state index in [9.17, 15) is 20.0 Å². The molecule has 2 aliphatic rings. The molecule has 24 heavy (non-hydrogen) atoms. The molecule has 1 N–H and O–H groups in total. The standard InChI is InChI=1S/C16H16N2O4S2/c19-14-10(5-4-8-12(14)18(21)22)9-13-15(20)17(16(23)24-13)11-6-2-1-3-7-11/h4-5,8-9,11,19H,1-3,6-7H2/b13-9-. The lowest BCUT2D eigenvalue weighted by Crippen LogP contribution is -2.39. The van der Waals surface area contributed by atoms with Crippen molar-refractivity contribution in [2.75, 3.05) is 0 Å². The number of amides is 1. The van der Waals surface area contributed by atoms with E-state index in [1.54, 1.807) is 4.90 Å². The van der Waals surface area contributed by atoms with E-state index in [1.165, 1.54) is 42.5 Å². The SMILES string of the molecule is O=C1/C(=C/c2cccc([N+](=O)[O-])c2O)SC(=S)N1C1CCCCC1. The molecule has 0 aromatic heterocycles. The Balaban J connectivity index is 1.89. The van der Waals surface area contributed by atoms with E-state index in [2.05, 4.69) is 0 Å². The number of nitro groups is 1. The van der Waals surface area contributed by atoms with Gasteiger partial charge in [-0.25, -0.2) is 0 Å². The van der Waals surface area contributed by atoms with Gasteiger partial charge in [-0.3, -0.25) is 19.8 Å². The first kappa shape index (κ1) is 16.9. The second-order valence-corrected chi connectivity index (χ2v) is 7.49. The van der Waals surface area contributed by atoms with Gasteiger partial charge in [-0.05, 0) is 18.9 Å². The molecule has 0 spiro atoms. The van der Waals surface area contributed by atoms with Gasteiger partial charge >= 0.3 is 5.69 Å². The van der Waals surface area contributed by atoms with E-state index in [1.807, 2.05) is 0 Å². The van der Waals surface area contributed by atoms with Crippen molar-refractivity contribution >= 4 is 46.0 Å². The largest absolute Gasteiger partial charge is 0.502 e. The summed E-state index contributed by atoms with van der Waals surface area (Å²) in [5, 5.41) is 20.9. The Morgan fingerprint density at radius 1 is 1.33 bits per heavy atom. The van der Waals surface area contributed by atoms with Crippen molar-refractivity contribution < 1.29 is 14.8 Å². The number of nitro benzene ring substituents is 1. The molecule has 1 amide bonds. The second-order valence-electron chi connectivity index (χ2n) is 5.82. The van der Waals surface area contributed by atoms with Crippen LogP contribution in [0.15, 0.2) is 23.1 Å². The number of hydrogen-bond donors (Lipinski definition) is 1. The summed E-state index contributed by atoms with van der Waals surface area (Å²) < 4.78 is 0.517. The first-order valence-corrected chi connectivity index (χ1v) is 8.95. The molecule has 126 valence electrons. The summed E-state index contributed by atoms with van der Waals surface area (Å²) in [6.07, 6.45) is 6.73. The number of benzene rings is 1. The topological polar surface area (TPSA) is 83.7 Å². The van der Waals surface area contributed by atoms with Gasteiger partial charge in [-0.2, -0.15) is 0 Å². The van der Waals surface area contributed by atoms with Crippen LogP contribution in [0.4, 0.5) is 5.69 Å². The number of thioether (sulfide) groups is 1. The molecule has 0 atom stereocenters. The molecular formula is C16H16N2O4S2. The van der Waals surface area contributed by atoms with Gasteiger partial charge in [0.1, 0.15) is 4.32 Å². The fourth-order valence-electron chi connectivity index (χ4n) is 3.09. The van der Waals surface area contributed by atoms with Crippen LogP contribution in [0.3, 0.4) is 0 Å². The van der Waals surface area contributed by atoms with Crippen molar-refractivity contribution in [3.63, 3.8) is 0 Å². The molecule has 0 radical (unpaired) electrons. The molecule has 1 saturated carbocycles. The fourth-order valence-corrected chi connectivity index (χ4v) is 4.48. The van der Waals surface area contributed by atoms with Crippen LogP contribution in [0, 0.1) is 10.1 Å². The van der Waals surface area contributed by atoms with Crippen LogP contribution in [-0.4, -0.2) is 31.2 Å². The third-order valence-electron chi connectivity index (χ3n) is 4.29. The second kappa shape index (κ2) is 6.90. The third-order valence-corrected chi connectivity index (χ3v) is 5.62. The minimum absolute atomic E-state index is 0.135. The maximum atomic E-state index is 12.7. The number of carbonyl (C=O) groups excluding carboxylic acids is 1.